The maximum atomic E-state index is 5.55. The second kappa shape index (κ2) is 8.08. The summed E-state index contributed by atoms with van der Waals surface area (Å²) in [6.07, 6.45) is 6.60. The van der Waals surface area contributed by atoms with E-state index in [0.717, 1.165) is 19.1 Å². The molecule has 3 nitrogen and oxygen atoms in total. The average Bonchev–Trinajstić information content (AvgIpc) is 2.27. The Morgan fingerprint density at radius 3 is 2.60 bits per heavy atom. The number of nitrogens with one attached hydrogen (secondary N) is 1. The molecule has 0 bridgehead atoms. The van der Waals surface area contributed by atoms with Gasteiger partial charge in [-0.15, -0.1) is 0 Å². The van der Waals surface area contributed by atoms with E-state index in [0.29, 0.717) is 0 Å². The van der Waals surface area contributed by atoms with Crippen LogP contribution in [0.1, 0.15) is 39.0 Å². The van der Waals surface area contributed by atoms with Crippen LogP contribution in [-0.4, -0.2) is 43.7 Å². The molecular weight excluding hydrogens is 186 g/mol. The Kier molecular flexibility index (Phi) is 6.98. The van der Waals surface area contributed by atoms with Gasteiger partial charge >= 0.3 is 0 Å². The lowest BCUT2D eigenvalue weighted by Crippen LogP contribution is -2.44. The Morgan fingerprint density at radius 2 is 2.00 bits per heavy atom. The van der Waals surface area contributed by atoms with E-state index in [1.807, 2.05) is 0 Å². The smallest absolute Gasteiger partial charge is 0.0105 e. The zero-order valence-electron chi connectivity index (χ0n) is 10.2. The van der Waals surface area contributed by atoms with Gasteiger partial charge in [-0.3, -0.25) is 0 Å². The molecular formula is C12H27N3. The van der Waals surface area contributed by atoms with Gasteiger partial charge < -0.3 is 16.0 Å². The summed E-state index contributed by atoms with van der Waals surface area (Å²) in [5.41, 5.74) is 5.55. The Morgan fingerprint density at radius 1 is 1.27 bits per heavy atom. The summed E-state index contributed by atoms with van der Waals surface area (Å²) in [5, 5.41) is 3.66. The molecule has 3 heteroatoms. The molecule has 1 heterocycles. The van der Waals surface area contributed by atoms with Crippen molar-refractivity contribution in [1.29, 1.82) is 0 Å². The van der Waals surface area contributed by atoms with Crippen LogP contribution in [0.3, 0.4) is 0 Å². The van der Waals surface area contributed by atoms with Crippen LogP contribution >= 0.6 is 0 Å². The summed E-state index contributed by atoms with van der Waals surface area (Å²) in [6.45, 7) is 7.78. The van der Waals surface area contributed by atoms with Crippen molar-refractivity contribution in [3.63, 3.8) is 0 Å². The van der Waals surface area contributed by atoms with Crippen LogP contribution in [0, 0.1) is 0 Å². The molecule has 0 saturated carbocycles. The van der Waals surface area contributed by atoms with Gasteiger partial charge in [-0.2, -0.15) is 0 Å². The van der Waals surface area contributed by atoms with Crippen molar-refractivity contribution < 1.29 is 0 Å². The first-order valence-electron chi connectivity index (χ1n) is 6.52. The summed E-state index contributed by atoms with van der Waals surface area (Å²) >= 11 is 0. The number of piperidine rings is 1. The van der Waals surface area contributed by atoms with Gasteiger partial charge in [0.1, 0.15) is 0 Å². The fourth-order valence-corrected chi connectivity index (χ4v) is 2.22. The highest BCUT2D eigenvalue weighted by Gasteiger charge is 2.17. The summed E-state index contributed by atoms with van der Waals surface area (Å²) in [7, 11) is 0. The van der Waals surface area contributed by atoms with E-state index in [1.54, 1.807) is 0 Å². The van der Waals surface area contributed by atoms with Gasteiger partial charge in [0.05, 0.1) is 0 Å². The minimum atomic E-state index is 0.760. The molecule has 0 aromatic rings. The first kappa shape index (κ1) is 12.9. The third-order valence-electron chi connectivity index (χ3n) is 3.25. The lowest BCUT2D eigenvalue weighted by atomic mass is 10.0. The first-order valence-corrected chi connectivity index (χ1v) is 6.52. The van der Waals surface area contributed by atoms with Crippen molar-refractivity contribution in [3.05, 3.63) is 0 Å². The Bertz CT molecular complexity index is 139. The molecule has 3 N–H and O–H groups in total. The molecule has 0 unspecified atom stereocenters. The number of rotatable bonds is 7. The molecule has 1 saturated heterocycles. The van der Waals surface area contributed by atoms with Crippen molar-refractivity contribution in [3.8, 4) is 0 Å². The molecule has 1 rings (SSSR count). The molecule has 0 aliphatic carbocycles. The van der Waals surface area contributed by atoms with Gasteiger partial charge in [0.2, 0.25) is 0 Å². The number of unbranched alkanes of at least 4 members (excludes halogenated alkanes) is 2. The molecule has 1 aliphatic heterocycles. The molecule has 0 amide bonds. The van der Waals surface area contributed by atoms with Crippen LogP contribution in [0.2, 0.25) is 0 Å². The maximum Gasteiger partial charge on any atom is 0.0105 e. The molecule has 0 radical (unpaired) electrons. The predicted molar refractivity (Wildman–Crippen MR) is 66.0 cm³/mol. The standard InChI is InChI=1S/C12H27N3/c1-2-3-4-8-14-12-5-9-15(10-6-12)11-7-13/h12,14H,2-11,13H2,1H3. The monoisotopic (exact) mass is 213 g/mol. The topological polar surface area (TPSA) is 41.3 Å². The van der Waals surface area contributed by atoms with Gasteiger partial charge in [-0.05, 0) is 38.9 Å². The third kappa shape index (κ3) is 5.50. The van der Waals surface area contributed by atoms with Crippen LogP contribution in [0.5, 0.6) is 0 Å². The molecule has 0 spiro atoms. The third-order valence-corrected chi connectivity index (χ3v) is 3.25. The highest BCUT2D eigenvalue weighted by atomic mass is 15.1. The molecule has 0 aromatic carbocycles. The lowest BCUT2D eigenvalue weighted by Gasteiger charge is -2.32. The molecule has 0 aromatic heterocycles. The van der Waals surface area contributed by atoms with E-state index in [9.17, 15) is 0 Å². The largest absolute Gasteiger partial charge is 0.329 e. The molecule has 0 atom stereocenters. The van der Waals surface area contributed by atoms with E-state index in [2.05, 4.69) is 17.1 Å². The summed E-state index contributed by atoms with van der Waals surface area (Å²) < 4.78 is 0. The summed E-state index contributed by atoms with van der Waals surface area (Å²) in [6, 6.07) is 0.760. The molecule has 1 fully saturated rings. The molecule has 90 valence electrons. The highest BCUT2D eigenvalue weighted by molar-refractivity contribution is 4.77. The fraction of sp³-hybridized carbons (Fsp3) is 1.00. The number of hydrogen-bond donors (Lipinski definition) is 2. The van der Waals surface area contributed by atoms with E-state index in [-0.39, 0.29) is 0 Å². The van der Waals surface area contributed by atoms with E-state index < -0.39 is 0 Å². The summed E-state index contributed by atoms with van der Waals surface area (Å²) in [5.74, 6) is 0. The Hall–Kier alpha value is -0.120. The van der Waals surface area contributed by atoms with Gasteiger partial charge in [-0.25, -0.2) is 0 Å². The van der Waals surface area contributed by atoms with Gasteiger partial charge in [0, 0.05) is 19.1 Å². The Balaban J connectivity index is 1.99. The predicted octanol–water partition coefficient (Wildman–Crippen LogP) is 1.19. The van der Waals surface area contributed by atoms with Crippen molar-refractivity contribution >= 4 is 0 Å². The quantitative estimate of drug-likeness (QED) is 0.624. The van der Waals surface area contributed by atoms with Crippen LogP contribution in [-0.2, 0) is 0 Å². The van der Waals surface area contributed by atoms with Gasteiger partial charge in [-0.1, -0.05) is 19.8 Å². The first-order chi connectivity index (χ1) is 7.36. The lowest BCUT2D eigenvalue weighted by molar-refractivity contribution is 0.202. The van der Waals surface area contributed by atoms with Crippen molar-refractivity contribution in [2.24, 2.45) is 5.73 Å². The number of hydrogen-bond acceptors (Lipinski definition) is 3. The van der Waals surface area contributed by atoms with Crippen molar-refractivity contribution in [2.75, 3.05) is 32.7 Å². The molecule has 1 aliphatic rings. The van der Waals surface area contributed by atoms with Crippen LogP contribution in [0.4, 0.5) is 0 Å². The normalized spacial score (nSPS) is 19.6. The van der Waals surface area contributed by atoms with E-state index >= 15 is 0 Å². The summed E-state index contributed by atoms with van der Waals surface area (Å²) in [4.78, 5) is 2.48. The van der Waals surface area contributed by atoms with Gasteiger partial charge in [0.25, 0.3) is 0 Å². The van der Waals surface area contributed by atoms with Gasteiger partial charge in [0.15, 0.2) is 0 Å². The second-order valence-corrected chi connectivity index (χ2v) is 4.57. The second-order valence-electron chi connectivity index (χ2n) is 4.57. The average molecular weight is 213 g/mol. The zero-order chi connectivity index (χ0) is 10.9. The number of likely N-dealkylation sites (tertiary alicyclic amines) is 1. The van der Waals surface area contributed by atoms with E-state index in [1.165, 1.54) is 51.7 Å². The highest BCUT2D eigenvalue weighted by Crippen LogP contribution is 2.09. The SMILES string of the molecule is CCCCCNC1CCN(CCN)CC1. The van der Waals surface area contributed by atoms with Crippen molar-refractivity contribution in [1.82, 2.24) is 10.2 Å². The van der Waals surface area contributed by atoms with Crippen LogP contribution in [0.25, 0.3) is 0 Å². The number of nitrogens with two attached hydrogens (primary N) is 1. The van der Waals surface area contributed by atoms with Crippen LogP contribution in [0.15, 0.2) is 0 Å². The number of nitrogens with zero attached hydrogens (tertiary/aromatic N) is 1. The maximum absolute atomic E-state index is 5.55. The van der Waals surface area contributed by atoms with E-state index in [4.69, 9.17) is 5.73 Å². The van der Waals surface area contributed by atoms with Crippen LogP contribution < -0.4 is 11.1 Å². The Labute approximate surface area is 94.4 Å². The molecule has 15 heavy (non-hydrogen) atoms. The fourth-order valence-electron chi connectivity index (χ4n) is 2.22. The van der Waals surface area contributed by atoms with Crippen molar-refractivity contribution in [2.45, 2.75) is 45.1 Å². The minimum absolute atomic E-state index is 0.760. The minimum Gasteiger partial charge on any atom is -0.329 e. The zero-order valence-corrected chi connectivity index (χ0v) is 10.2.